The first-order chi connectivity index (χ1) is 7.81. The highest BCUT2D eigenvalue weighted by atomic mass is 32.2. The van der Waals surface area contributed by atoms with Crippen LogP contribution in [-0.2, 0) is 21.2 Å². The van der Waals surface area contributed by atoms with Crippen LogP contribution in [0.2, 0.25) is 0 Å². The number of thiophene rings is 1. The van der Waals surface area contributed by atoms with Crippen molar-refractivity contribution in [2.45, 2.75) is 17.1 Å². The van der Waals surface area contributed by atoms with Gasteiger partial charge in [-0.25, -0.2) is 21.9 Å². The quantitative estimate of drug-likeness (QED) is 0.814. The molecule has 0 atom stereocenters. The van der Waals surface area contributed by atoms with Gasteiger partial charge in [0.2, 0.25) is 10.0 Å². The number of nitrogens with one attached hydrogen (secondary N) is 1. The number of sulfonamides is 1. The topological polar surface area (TPSA) is 83.5 Å². The van der Waals surface area contributed by atoms with Crippen LogP contribution in [0.25, 0.3) is 0 Å². The summed E-state index contributed by atoms with van der Waals surface area (Å²) in [5.74, 6) is -1.09. The third-order valence-corrected chi connectivity index (χ3v) is 4.66. The number of halogens is 2. The maximum absolute atomic E-state index is 11.9. The number of alkyl halides is 2. The van der Waals surface area contributed by atoms with E-state index in [0.717, 1.165) is 11.3 Å². The summed E-state index contributed by atoms with van der Waals surface area (Å²) >= 11 is 0.744. The predicted octanol–water partition coefficient (Wildman–Crippen LogP) is 0.919. The minimum atomic E-state index is -3.97. The smallest absolute Gasteiger partial charge is 0.308 e. The van der Waals surface area contributed by atoms with E-state index >= 15 is 0 Å². The Morgan fingerprint density at radius 3 is 2.65 bits per heavy atom. The summed E-state index contributed by atoms with van der Waals surface area (Å²) in [6.45, 7) is -0.964. The van der Waals surface area contributed by atoms with Gasteiger partial charge < -0.3 is 5.11 Å². The minimum Gasteiger partial charge on any atom is -0.481 e. The lowest BCUT2D eigenvalue weighted by Crippen LogP contribution is -2.27. The van der Waals surface area contributed by atoms with Gasteiger partial charge in [0.1, 0.15) is 4.21 Å². The summed E-state index contributed by atoms with van der Waals surface area (Å²) in [6, 6.07) is 2.53. The summed E-state index contributed by atoms with van der Waals surface area (Å²) in [7, 11) is -3.97. The molecule has 0 aliphatic heterocycles. The lowest BCUT2D eigenvalue weighted by Gasteiger charge is -2.02. The Kier molecular flexibility index (Phi) is 4.54. The van der Waals surface area contributed by atoms with Crippen molar-refractivity contribution in [2.24, 2.45) is 0 Å². The second-order valence-corrected chi connectivity index (χ2v) is 6.20. The van der Waals surface area contributed by atoms with Gasteiger partial charge >= 0.3 is 5.97 Å². The summed E-state index contributed by atoms with van der Waals surface area (Å²) in [4.78, 5) is 10.7. The van der Waals surface area contributed by atoms with Crippen LogP contribution in [0.1, 0.15) is 4.88 Å². The highest BCUT2D eigenvalue weighted by Gasteiger charge is 2.18. The summed E-state index contributed by atoms with van der Waals surface area (Å²) < 4.78 is 48.2. The van der Waals surface area contributed by atoms with Crippen LogP contribution < -0.4 is 4.72 Å². The molecule has 17 heavy (non-hydrogen) atoms. The van der Waals surface area contributed by atoms with Crippen molar-refractivity contribution in [1.29, 1.82) is 0 Å². The molecule has 0 aliphatic rings. The van der Waals surface area contributed by atoms with Gasteiger partial charge in [0.05, 0.1) is 13.0 Å². The standard InChI is InChI=1S/C8H9F2NO4S2/c9-6(10)4-11-17(14,15)8-2-1-5(16-8)3-7(12)13/h1-2,6,11H,3-4H2,(H,12,13). The zero-order chi connectivity index (χ0) is 13.1. The predicted molar refractivity (Wildman–Crippen MR) is 56.9 cm³/mol. The molecule has 0 bridgehead atoms. The Labute approximate surface area is 100 Å². The zero-order valence-corrected chi connectivity index (χ0v) is 10.0. The molecular formula is C8H9F2NO4S2. The molecule has 2 N–H and O–H groups in total. The maximum atomic E-state index is 11.9. The SMILES string of the molecule is O=C(O)Cc1ccc(S(=O)(=O)NCC(F)F)s1. The molecule has 96 valence electrons. The van der Waals surface area contributed by atoms with Crippen molar-refractivity contribution in [3.63, 3.8) is 0 Å². The van der Waals surface area contributed by atoms with Gasteiger partial charge in [-0.15, -0.1) is 11.3 Å². The molecule has 9 heteroatoms. The molecular weight excluding hydrogens is 276 g/mol. The average Bonchev–Trinajstić information content (AvgIpc) is 2.63. The first-order valence-corrected chi connectivity index (χ1v) is 6.69. The van der Waals surface area contributed by atoms with Gasteiger partial charge in [-0.05, 0) is 12.1 Å². The molecule has 0 unspecified atom stereocenters. The maximum Gasteiger partial charge on any atom is 0.308 e. The van der Waals surface area contributed by atoms with Crippen molar-refractivity contribution in [2.75, 3.05) is 6.54 Å². The van der Waals surface area contributed by atoms with Gasteiger partial charge in [-0.1, -0.05) is 0 Å². The van der Waals surface area contributed by atoms with Crippen LogP contribution in [0.3, 0.4) is 0 Å². The van der Waals surface area contributed by atoms with Crippen LogP contribution in [0.5, 0.6) is 0 Å². The van der Waals surface area contributed by atoms with Gasteiger partial charge in [0, 0.05) is 4.88 Å². The first kappa shape index (κ1) is 14.0. The molecule has 0 aromatic carbocycles. The summed E-state index contributed by atoms with van der Waals surface area (Å²) in [6.07, 6.45) is -3.07. The molecule has 0 fully saturated rings. The van der Waals surface area contributed by atoms with Crippen molar-refractivity contribution in [1.82, 2.24) is 4.72 Å². The second kappa shape index (κ2) is 5.52. The minimum absolute atomic E-state index is 0.172. The Hall–Kier alpha value is -1.06. The van der Waals surface area contributed by atoms with E-state index in [0.29, 0.717) is 4.88 Å². The number of rotatable bonds is 6. The van der Waals surface area contributed by atoms with E-state index in [1.54, 1.807) is 4.72 Å². The molecule has 0 aliphatic carbocycles. The van der Waals surface area contributed by atoms with Crippen molar-refractivity contribution < 1.29 is 27.1 Å². The van der Waals surface area contributed by atoms with E-state index < -0.39 is 29.0 Å². The molecule has 0 spiro atoms. The van der Waals surface area contributed by atoms with Crippen molar-refractivity contribution in [3.05, 3.63) is 17.0 Å². The Morgan fingerprint density at radius 1 is 1.47 bits per heavy atom. The Bertz CT molecular complexity index is 497. The van der Waals surface area contributed by atoms with E-state index in [1.165, 1.54) is 12.1 Å². The van der Waals surface area contributed by atoms with Crippen LogP contribution in [-0.4, -0.2) is 32.5 Å². The van der Waals surface area contributed by atoms with E-state index in [2.05, 4.69) is 0 Å². The molecule has 1 rings (SSSR count). The molecule has 0 saturated heterocycles. The number of carbonyl (C=O) groups is 1. The lowest BCUT2D eigenvalue weighted by molar-refractivity contribution is -0.136. The molecule has 1 aromatic rings. The van der Waals surface area contributed by atoms with Crippen LogP contribution in [0, 0.1) is 0 Å². The summed E-state index contributed by atoms with van der Waals surface area (Å²) in [5.41, 5.74) is 0. The molecule has 1 aromatic heterocycles. The second-order valence-electron chi connectivity index (χ2n) is 3.03. The van der Waals surface area contributed by atoms with E-state index in [1.807, 2.05) is 0 Å². The zero-order valence-electron chi connectivity index (χ0n) is 8.39. The van der Waals surface area contributed by atoms with Crippen molar-refractivity contribution >= 4 is 27.3 Å². The third kappa shape index (κ3) is 4.36. The number of carboxylic acids is 1. The number of hydrogen-bond acceptors (Lipinski definition) is 4. The van der Waals surface area contributed by atoms with Crippen molar-refractivity contribution in [3.8, 4) is 0 Å². The molecule has 0 saturated carbocycles. The van der Waals surface area contributed by atoms with Gasteiger partial charge in [-0.2, -0.15) is 0 Å². The molecule has 0 radical (unpaired) electrons. The monoisotopic (exact) mass is 285 g/mol. The highest BCUT2D eigenvalue weighted by molar-refractivity contribution is 7.91. The fraction of sp³-hybridized carbons (Fsp3) is 0.375. The molecule has 1 heterocycles. The summed E-state index contributed by atoms with van der Waals surface area (Å²) in [5, 5.41) is 8.50. The lowest BCUT2D eigenvalue weighted by atomic mass is 10.3. The van der Waals surface area contributed by atoms with E-state index in [9.17, 15) is 22.0 Å². The van der Waals surface area contributed by atoms with Gasteiger partial charge in [-0.3, -0.25) is 4.79 Å². The fourth-order valence-corrected chi connectivity index (χ4v) is 3.39. The van der Waals surface area contributed by atoms with Crippen LogP contribution in [0.4, 0.5) is 8.78 Å². The average molecular weight is 285 g/mol. The fourth-order valence-electron chi connectivity index (χ4n) is 0.991. The molecule has 0 amide bonds. The normalized spacial score (nSPS) is 11.9. The largest absolute Gasteiger partial charge is 0.481 e. The van der Waals surface area contributed by atoms with E-state index in [-0.39, 0.29) is 10.6 Å². The van der Waals surface area contributed by atoms with E-state index in [4.69, 9.17) is 5.11 Å². The Balaban J connectivity index is 2.78. The molecule has 5 nitrogen and oxygen atoms in total. The van der Waals surface area contributed by atoms with Gasteiger partial charge in [0.15, 0.2) is 0 Å². The van der Waals surface area contributed by atoms with Crippen LogP contribution >= 0.6 is 11.3 Å². The number of aliphatic carboxylic acids is 1. The first-order valence-electron chi connectivity index (χ1n) is 4.39. The number of hydrogen-bond donors (Lipinski definition) is 2. The number of carboxylic acid groups (broad SMARTS) is 1. The van der Waals surface area contributed by atoms with Gasteiger partial charge in [0.25, 0.3) is 6.43 Å². The van der Waals surface area contributed by atoms with Crippen LogP contribution in [0.15, 0.2) is 16.3 Å². The third-order valence-electron chi connectivity index (χ3n) is 1.65. The Morgan fingerprint density at radius 2 is 2.12 bits per heavy atom. The highest BCUT2D eigenvalue weighted by Crippen LogP contribution is 2.21.